The van der Waals surface area contributed by atoms with Gasteiger partial charge >= 0.3 is 5.97 Å². The second kappa shape index (κ2) is 5.18. The zero-order valence-corrected chi connectivity index (χ0v) is 10.5. The van der Waals surface area contributed by atoms with Crippen molar-refractivity contribution in [2.75, 3.05) is 7.05 Å². The molecular weight excluding hydrogens is 230 g/mol. The summed E-state index contributed by atoms with van der Waals surface area (Å²) in [5.74, 6) is -1.21. The number of benzene rings is 1. The summed E-state index contributed by atoms with van der Waals surface area (Å²) in [7, 11) is 1.79. The van der Waals surface area contributed by atoms with E-state index in [1.165, 1.54) is 0 Å². The van der Waals surface area contributed by atoms with Crippen LogP contribution in [0.2, 0.25) is 0 Å². The fraction of sp³-hybridized carbons (Fsp3) is 0.385. The van der Waals surface area contributed by atoms with Gasteiger partial charge in [-0.15, -0.1) is 0 Å². The number of nitrogens with zero attached hydrogens (tertiary/aromatic N) is 1. The van der Waals surface area contributed by atoms with Crippen LogP contribution in [-0.4, -0.2) is 28.1 Å². The Kier molecular flexibility index (Phi) is 3.62. The van der Waals surface area contributed by atoms with Crippen LogP contribution in [0.1, 0.15) is 24.9 Å². The molecule has 0 fully saturated rings. The summed E-state index contributed by atoms with van der Waals surface area (Å²) in [4.78, 5) is 18.4. The fourth-order valence-electron chi connectivity index (χ4n) is 2.30. The Labute approximate surface area is 105 Å². The first-order valence-corrected chi connectivity index (χ1v) is 6.00. The average molecular weight is 247 g/mol. The molecule has 0 aliphatic carbocycles. The molecule has 0 radical (unpaired) electrons. The van der Waals surface area contributed by atoms with E-state index in [1.807, 2.05) is 25.1 Å². The molecule has 0 saturated heterocycles. The van der Waals surface area contributed by atoms with Gasteiger partial charge in [-0.05, 0) is 31.2 Å². The first-order chi connectivity index (χ1) is 8.67. The van der Waals surface area contributed by atoms with E-state index in [4.69, 9.17) is 0 Å². The first-order valence-electron chi connectivity index (χ1n) is 6.00. The van der Waals surface area contributed by atoms with E-state index in [2.05, 4.69) is 15.3 Å². The smallest absolute Gasteiger partial charge is 0.308 e. The standard InChI is InChI=1S/C13H17N3O2/c1-3-9(13(17)18)12(14-2)8-4-5-10-11(6-8)16-7-15-10/h4-7,9,12,14H,3H2,1-2H3,(H,15,16)(H,17,18). The molecule has 1 heterocycles. The number of hydrogen-bond acceptors (Lipinski definition) is 3. The van der Waals surface area contributed by atoms with Crippen LogP contribution >= 0.6 is 0 Å². The van der Waals surface area contributed by atoms with Crippen molar-refractivity contribution in [2.45, 2.75) is 19.4 Å². The van der Waals surface area contributed by atoms with Gasteiger partial charge in [-0.3, -0.25) is 4.79 Å². The number of aromatic amines is 1. The van der Waals surface area contributed by atoms with Gasteiger partial charge in [0.2, 0.25) is 0 Å². The third-order valence-corrected chi connectivity index (χ3v) is 3.27. The van der Waals surface area contributed by atoms with Crippen molar-refractivity contribution < 1.29 is 9.90 Å². The number of H-pyrrole nitrogens is 1. The van der Waals surface area contributed by atoms with E-state index in [1.54, 1.807) is 13.4 Å². The van der Waals surface area contributed by atoms with Gasteiger partial charge in [0, 0.05) is 6.04 Å². The maximum absolute atomic E-state index is 11.3. The largest absolute Gasteiger partial charge is 0.481 e. The molecule has 3 N–H and O–H groups in total. The van der Waals surface area contributed by atoms with Crippen LogP contribution in [0.4, 0.5) is 0 Å². The van der Waals surface area contributed by atoms with Crippen molar-refractivity contribution in [3.8, 4) is 0 Å². The third-order valence-electron chi connectivity index (χ3n) is 3.27. The van der Waals surface area contributed by atoms with E-state index < -0.39 is 11.9 Å². The molecular formula is C13H17N3O2. The van der Waals surface area contributed by atoms with Gasteiger partial charge in [0.15, 0.2) is 0 Å². The number of carboxylic acids is 1. The molecule has 5 heteroatoms. The number of aliphatic carboxylic acids is 1. The number of aromatic nitrogens is 2. The predicted octanol–water partition coefficient (Wildman–Crippen LogP) is 1.93. The maximum Gasteiger partial charge on any atom is 0.308 e. The summed E-state index contributed by atoms with van der Waals surface area (Å²) in [5, 5.41) is 12.3. The Hall–Kier alpha value is -1.88. The monoisotopic (exact) mass is 247 g/mol. The van der Waals surface area contributed by atoms with Crippen LogP contribution in [0.25, 0.3) is 11.0 Å². The van der Waals surface area contributed by atoms with Gasteiger partial charge in [0.1, 0.15) is 0 Å². The number of hydrogen-bond donors (Lipinski definition) is 3. The predicted molar refractivity (Wildman–Crippen MR) is 69.3 cm³/mol. The summed E-state index contributed by atoms with van der Waals surface area (Å²) < 4.78 is 0. The van der Waals surface area contributed by atoms with E-state index in [0.717, 1.165) is 16.6 Å². The van der Waals surface area contributed by atoms with Crippen molar-refractivity contribution in [3.63, 3.8) is 0 Å². The topological polar surface area (TPSA) is 78.0 Å². The lowest BCUT2D eigenvalue weighted by Crippen LogP contribution is -2.30. The summed E-state index contributed by atoms with van der Waals surface area (Å²) in [6, 6.07) is 5.59. The number of rotatable bonds is 5. The van der Waals surface area contributed by atoms with Crippen molar-refractivity contribution in [2.24, 2.45) is 5.92 Å². The Morgan fingerprint density at radius 1 is 1.56 bits per heavy atom. The Bertz CT molecular complexity index is 550. The normalized spacial score (nSPS) is 14.6. The van der Waals surface area contributed by atoms with Crippen LogP contribution < -0.4 is 5.32 Å². The highest BCUT2D eigenvalue weighted by atomic mass is 16.4. The summed E-state index contributed by atoms with van der Waals surface area (Å²) in [5.41, 5.74) is 2.77. The molecule has 0 amide bonds. The summed E-state index contributed by atoms with van der Waals surface area (Å²) in [6.07, 6.45) is 2.22. The highest BCUT2D eigenvalue weighted by Crippen LogP contribution is 2.26. The molecule has 0 saturated carbocycles. The molecule has 0 bridgehead atoms. The van der Waals surface area contributed by atoms with Gasteiger partial charge < -0.3 is 15.4 Å². The highest BCUT2D eigenvalue weighted by molar-refractivity contribution is 5.76. The third kappa shape index (κ3) is 2.22. The zero-order chi connectivity index (χ0) is 13.1. The van der Waals surface area contributed by atoms with E-state index in [0.29, 0.717) is 6.42 Å². The second-order valence-corrected chi connectivity index (χ2v) is 4.30. The van der Waals surface area contributed by atoms with E-state index >= 15 is 0 Å². The highest BCUT2D eigenvalue weighted by Gasteiger charge is 2.26. The Morgan fingerprint density at radius 3 is 2.94 bits per heavy atom. The fourth-order valence-corrected chi connectivity index (χ4v) is 2.30. The molecule has 2 unspecified atom stereocenters. The molecule has 2 rings (SSSR count). The molecule has 18 heavy (non-hydrogen) atoms. The lowest BCUT2D eigenvalue weighted by Gasteiger charge is -2.22. The first kappa shape index (κ1) is 12.6. The average Bonchev–Trinajstić information content (AvgIpc) is 2.82. The quantitative estimate of drug-likeness (QED) is 0.754. The Balaban J connectivity index is 2.39. The lowest BCUT2D eigenvalue weighted by molar-refractivity contribution is -0.143. The lowest BCUT2D eigenvalue weighted by atomic mass is 9.91. The molecule has 0 aliphatic heterocycles. The Morgan fingerprint density at radius 2 is 2.33 bits per heavy atom. The minimum Gasteiger partial charge on any atom is -0.481 e. The van der Waals surface area contributed by atoms with Crippen molar-refractivity contribution in [3.05, 3.63) is 30.1 Å². The van der Waals surface area contributed by atoms with Crippen molar-refractivity contribution in [1.82, 2.24) is 15.3 Å². The van der Waals surface area contributed by atoms with E-state index in [9.17, 15) is 9.90 Å². The molecule has 0 aliphatic rings. The second-order valence-electron chi connectivity index (χ2n) is 4.30. The van der Waals surface area contributed by atoms with Gasteiger partial charge in [0.25, 0.3) is 0 Å². The number of nitrogens with one attached hydrogen (secondary N) is 2. The molecule has 2 atom stereocenters. The van der Waals surface area contributed by atoms with Crippen LogP contribution in [-0.2, 0) is 4.79 Å². The molecule has 1 aromatic heterocycles. The van der Waals surface area contributed by atoms with Gasteiger partial charge in [-0.1, -0.05) is 13.0 Å². The van der Waals surface area contributed by atoms with Crippen LogP contribution in [0, 0.1) is 5.92 Å². The van der Waals surface area contributed by atoms with Crippen molar-refractivity contribution >= 4 is 17.0 Å². The van der Waals surface area contributed by atoms with Crippen LogP contribution in [0.15, 0.2) is 24.5 Å². The van der Waals surface area contributed by atoms with Gasteiger partial charge in [-0.2, -0.15) is 0 Å². The molecule has 5 nitrogen and oxygen atoms in total. The zero-order valence-electron chi connectivity index (χ0n) is 10.5. The van der Waals surface area contributed by atoms with Gasteiger partial charge in [-0.25, -0.2) is 4.98 Å². The number of fused-ring (bicyclic) bond motifs is 1. The SMILES string of the molecule is CCC(C(=O)O)C(NC)c1ccc2nc[nH]c2c1. The summed E-state index contributed by atoms with van der Waals surface area (Å²) >= 11 is 0. The van der Waals surface area contributed by atoms with E-state index in [-0.39, 0.29) is 6.04 Å². The molecule has 96 valence electrons. The summed E-state index contributed by atoms with van der Waals surface area (Å²) in [6.45, 7) is 1.89. The molecule has 2 aromatic rings. The van der Waals surface area contributed by atoms with Crippen molar-refractivity contribution in [1.29, 1.82) is 0 Å². The maximum atomic E-state index is 11.3. The molecule has 0 spiro atoms. The number of imidazole rings is 1. The van der Waals surface area contributed by atoms with Crippen LogP contribution in [0.5, 0.6) is 0 Å². The minimum absolute atomic E-state index is 0.194. The van der Waals surface area contributed by atoms with Crippen LogP contribution in [0.3, 0.4) is 0 Å². The molecule has 1 aromatic carbocycles. The number of carbonyl (C=O) groups is 1. The number of carboxylic acid groups (broad SMARTS) is 1. The minimum atomic E-state index is -0.776. The van der Waals surface area contributed by atoms with Gasteiger partial charge in [0.05, 0.1) is 23.3 Å².